The van der Waals surface area contributed by atoms with Crippen LogP contribution in [0.25, 0.3) is 0 Å². The topological polar surface area (TPSA) is 85.2 Å². The number of hydrogen-bond acceptors (Lipinski definition) is 5. The standard InChI is InChI=1S/C16H20N4O3S/c1-12-15(9-18-20(12)14-6-8-24(22,23)11-14)16(21)19(2)10-13-5-3-4-7-17-13/h3-5,7,9,14H,6,8,10-11H2,1-2H3. The lowest BCUT2D eigenvalue weighted by molar-refractivity contribution is 0.0782. The zero-order chi connectivity index (χ0) is 17.3. The van der Waals surface area contributed by atoms with Crippen LogP contribution < -0.4 is 0 Å². The molecule has 1 amide bonds. The summed E-state index contributed by atoms with van der Waals surface area (Å²) in [6, 6.07) is 5.39. The van der Waals surface area contributed by atoms with Gasteiger partial charge in [-0.15, -0.1) is 0 Å². The van der Waals surface area contributed by atoms with Crippen molar-refractivity contribution in [1.82, 2.24) is 19.7 Å². The fourth-order valence-electron chi connectivity index (χ4n) is 2.98. The Morgan fingerprint density at radius 3 is 2.83 bits per heavy atom. The molecule has 24 heavy (non-hydrogen) atoms. The molecule has 1 aliphatic rings. The van der Waals surface area contributed by atoms with Gasteiger partial charge in [0.2, 0.25) is 0 Å². The second kappa shape index (κ2) is 6.35. The van der Waals surface area contributed by atoms with Gasteiger partial charge in [0, 0.05) is 18.9 Å². The zero-order valence-electron chi connectivity index (χ0n) is 13.7. The van der Waals surface area contributed by atoms with Crippen LogP contribution in [0.2, 0.25) is 0 Å². The molecule has 3 rings (SSSR count). The molecule has 1 saturated heterocycles. The number of rotatable bonds is 4. The van der Waals surface area contributed by atoms with E-state index >= 15 is 0 Å². The van der Waals surface area contributed by atoms with E-state index in [1.165, 1.54) is 6.20 Å². The minimum Gasteiger partial charge on any atom is -0.336 e. The predicted octanol–water partition coefficient (Wildman–Crippen LogP) is 1.22. The Morgan fingerprint density at radius 1 is 1.42 bits per heavy atom. The van der Waals surface area contributed by atoms with Crippen molar-refractivity contribution in [2.45, 2.75) is 25.9 Å². The maximum Gasteiger partial charge on any atom is 0.257 e. The molecule has 1 aliphatic heterocycles. The third-order valence-electron chi connectivity index (χ3n) is 4.30. The quantitative estimate of drug-likeness (QED) is 0.829. The summed E-state index contributed by atoms with van der Waals surface area (Å²) in [6.07, 6.45) is 3.76. The fourth-order valence-corrected chi connectivity index (χ4v) is 4.67. The number of nitrogens with zero attached hydrogens (tertiary/aromatic N) is 4. The Morgan fingerprint density at radius 2 is 2.21 bits per heavy atom. The number of hydrogen-bond donors (Lipinski definition) is 0. The lowest BCUT2D eigenvalue weighted by atomic mass is 10.2. The Bertz CT molecular complexity index is 845. The van der Waals surface area contributed by atoms with Gasteiger partial charge in [-0.05, 0) is 25.5 Å². The van der Waals surface area contributed by atoms with Crippen molar-refractivity contribution in [2.75, 3.05) is 18.6 Å². The summed E-state index contributed by atoms with van der Waals surface area (Å²) in [5.74, 6) is 0.123. The fraction of sp³-hybridized carbons (Fsp3) is 0.438. The molecule has 0 N–H and O–H groups in total. The first kappa shape index (κ1) is 16.6. The molecule has 1 unspecified atom stereocenters. The van der Waals surface area contributed by atoms with Crippen molar-refractivity contribution < 1.29 is 13.2 Å². The summed E-state index contributed by atoms with van der Waals surface area (Å²) in [6.45, 7) is 2.21. The average molecular weight is 348 g/mol. The van der Waals surface area contributed by atoms with Gasteiger partial charge < -0.3 is 4.90 Å². The molecule has 128 valence electrons. The van der Waals surface area contributed by atoms with Gasteiger partial charge >= 0.3 is 0 Å². The molecule has 1 atom stereocenters. The predicted molar refractivity (Wildman–Crippen MR) is 89.3 cm³/mol. The number of aromatic nitrogens is 3. The molecular formula is C16H20N4O3S. The maximum absolute atomic E-state index is 12.7. The van der Waals surface area contributed by atoms with E-state index < -0.39 is 9.84 Å². The van der Waals surface area contributed by atoms with Gasteiger partial charge in [0.05, 0.1) is 41.5 Å². The van der Waals surface area contributed by atoms with Gasteiger partial charge in [-0.25, -0.2) is 8.42 Å². The van der Waals surface area contributed by atoms with Gasteiger partial charge in [0.25, 0.3) is 5.91 Å². The van der Waals surface area contributed by atoms with E-state index in [0.717, 1.165) is 5.69 Å². The summed E-state index contributed by atoms with van der Waals surface area (Å²) in [5, 5.41) is 4.26. The minimum absolute atomic E-state index is 0.0902. The average Bonchev–Trinajstić information content (AvgIpc) is 3.09. The molecule has 2 aromatic heterocycles. The lowest BCUT2D eigenvalue weighted by Gasteiger charge is -2.17. The summed E-state index contributed by atoms with van der Waals surface area (Å²) >= 11 is 0. The van der Waals surface area contributed by atoms with Crippen molar-refractivity contribution >= 4 is 15.7 Å². The summed E-state index contributed by atoms with van der Waals surface area (Å²) in [4.78, 5) is 18.5. The number of pyridine rings is 1. The van der Waals surface area contributed by atoms with E-state index in [9.17, 15) is 13.2 Å². The van der Waals surface area contributed by atoms with E-state index in [0.29, 0.717) is 24.2 Å². The van der Waals surface area contributed by atoms with Gasteiger partial charge in [-0.1, -0.05) is 6.07 Å². The van der Waals surface area contributed by atoms with Crippen molar-refractivity contribution in [2.24, 2.45) is 0 Å². The summed E-state index contributed by atoms with van der Waals surface area (Å²) < 4.78 is 25.0. The normalized spacial score (nSPS) is 19.3. The number of sulfone groups is 1. The zero-order valence-corrected chi connectivity index (χ0v) is 14.5. The van der Waals surface area contributed by atoms with Crippen LogP contribution in [-0.4, -0.2) is 52.5 Å². The van der Waals surface area contributed by atoms with E-state index in [-0.39, 0.29) is 23.5 Å². The first-order valence-electron chi connectivity index (χ1n) is 7.77. The van der Waals surface area contributed by atoms with Gasteiger partial charge in [0.15, 0.2) is 9.84 Å². The van der Waals surface area contributed by atoms with Crippen LogP contribution >= 0.6 is 0 Å². The molecule has 7 nitrogen and oxygen atoms in total. The lowest BCUT2D eigenvalue weighted by Crippen LogP contribution is -2.27. The van der Waals surface area contributed by atoms with E-state index in [4.69, 9.17) is 0 Å². The first-order chi connectivity index (χ1) is 11.4. The Labute approximate surface area is 141 Å². The first-order valence-corrected chi connectivity index (χ1v) is 9.59. The van der Waals surface area contributed by atoms with Gasteiger partial charge in [0.1, 0.15) is 0 Å². The second-order valence-corrected chi connectivity index (χ2v) is 8.36. The van der Waals surface area contributed by atoms with Crippen molar-refractivity contribution in [3.05, 3.63) is 47.5 Å². The molecule has 1 fully saturated rings. The van der Waals surface area contributed by atoms with Crippen LogP contribution in [0.1, 0.15) is 34.2 Å². The highest BCUT2D eigenvalue weighted by molar-refractivity contribution is 7.91. The largest absolute Gasteiger partial charge is 0.336 e. The highest BCUT2D eigenvalue weighted by atomic mass is 32.2. The SMILES string of the molecule is Cc1c(C(=O)N(C)Cc2ccccn2)cnn1C1CCS(=O)(=O)C1. The molecule has 0 aliphatic carbocycles. The highest BCUT2D eigenvalue weighted by Gasteiger charge is 2.31. The third kappa shape index (κ3) is 3.33. The highest BCUT2D eigenvalue weighted by Crippen LogP contribution is 2.25. The van der Waals surface area contributed by atoms with Crippen molar-refractivity contribution in [3.8, 4) is 0 Å². The minimum atomic E-state index is -2.99. The second-order valence-electron chi connectivity index (χ2n) is 6.13. The number of amides is 1. The van der Waals surface area contributed by atoms with Crippen LogP contribution in [0.5, 0.6) is 0 Å². The van der Waals surface area contributed by atoms with Crippen LogP contribution in [-0.2, 0) is 16.4 Å². The molecule has 3 heterocycles. The van der Waals surface area contributed by atoms with E-state index in [1.807, 2.05) is 18.2 Å². The monoisotopic (exact) mass is 348 g/mol. The van der Waals surface area contributed by atoms with Crippen LogP contribution in [0.15, 0.2) is 30.6 Å². The van der Waals surface area contributed by atoms with Crippen LogP contribution in [0.3, 0.4) is 0 Å². The molecule has 0 saturated carbocycles. The molecule has 8 heteroatoms. The van der Waals surface area contributed by atoms with E-state index in [2.05, 4.69) is 10.1 Å². The van der Waals surface area contributed by atoms with Crippen LogP contribution in [0, 0.1) is 6.92 Å². The van der Waals surface area contributed by atoms with Gasteiger partial charge in [-0.3, -0.25) is 14.5 Å². The van der Waals surface area contributed by atoms with Crippen molar-refractivity contribution in [3.63, 3.8) is 0 Å². The number of carbonyl (C=O) groups is 1. The molecular weight excluding hydrogens is 328 g/mol. The molecule has 0 aromatic carbocycles. The molecule has 0 spiro atoms. The molecule has 2 aromatic rings. The summed E-state index contributed by atoms with van der Waals surface area (Å²) in [5.41, 5.74) is 2.01. The molecule has 0 radical (unpaired) electrons. The van der Waals surface area contributed by atoms with Gasteiger partial charge in [-0.2, -0.15) is 5.10 Å². The maximum atomic E-state index is 12.7. The van der Waals surface area contributed by atoms with Crippen molar-refractivity contribution in [1.29, 1.82) is 0 Å². The Kier molecular flexibility index (Phi) is 4.40. The Balaban J connectivity index is 1.76. The molecule has 0 bridgehead atoms. The number of carbonyl (C=O) groups excluding carboxylic acids is 1. The Hall–Kier alpha value is -2.22. The summed E-state index contributed by atoms with van der Waals surface area (Å²) in [7, 11) is -1.28. The smallest absolute Gasteiger partial charge is 0.257 e. The van der Waals surface area contributed by atoms with E-state index in [1.54, 1.807) is 29.7 Å². The third-order valence-corrected chi connectivity index (χ3v) is 6.05. The van der Waals surface area contributed by atoms with Crippen LogP contribution in [0.4, 0.5) is 0 Å².